The number of likely N-dealkylation sites (tertiary alicyclic amines) is 1. The molecular weight excluding hydrogens is 337 g/mol. The highest BCUT2D eigenvalue weighted by Gasteiger charge is 2.31. The number of hydrogen-bond donors (Lipinski definition) is 0. The van der Waals surface area contributed by atoms with Gasteiger partial charge in [-0.1, -0.05) is 18.2 Å². The second kappa shape index (κ2) is 7.17. The number of amides is 1. The molecule has 2 aromatic rings. The van der Waals surface area contributed by atoms with Crippen LogP contribution in [0.25, 0.3) is 0 Å². The van der Waals surface area contributed by atoms with E-state index in [1.54, 1.807) is 24.1 Å². The van der Waals surface area contributed by atoms with E-state index in [1.165, 1.54) is 6.07 Å². The van der Waals surface area contributed by atoms with Crippen LogP contribution in [0.4, 0.5) is 4.39 Å². The Hall–Kier alpha value is -2.25. The minimum absolute atomic E-state index is 0.0831. The highest BCUT2D eigenvalue weighted by molar-refractivity contribution is 5.90. The molecule has 6 nitrogen and oxygen atoms in total. The number of ether oxygens (including phenoxy) is 1. The number of carbonyl (C=O) groups is 1. The van der Waals surface area contributed by atoms with Gasteiger partial charge in [-0.25, -0.2) is 9.37 Å². The molecule has 138 valence electrons. The zero-order valence-corrected chi connectivity index (χ0v) is 14.8. The SMILES string of the molecule is CO[C@H]1CCN(C(=O)c2nc3c(o2)CCN(Cc2ccccc2F)C3)C1. The van der Waals surface area contributed by atoms with Gasteiger partial charge in [-0.3, -0.25) is 9.69 Å². The van der Waals surface area contributed by atoms with Gasteiger partial charge < -0.3 is 14.1 Å². The number of benzene rings is 1. The Morgan fingerprint density at radius 2 is 2.23 bits per heavy atom. The quantitative estimate of drug-likeness (QED) is 0.838. The average Bonchev–Trinajstić information content (AvgIpc) is 3.29. The summed E-state index contributed by atoms with van der Waals surface area (Å²) in [5.74, 6) is 0.538. The first-order valence-electron chi connectivity index (χ1n) is 8.90. The summed E-state index contributed by atoms with van der Waals surface area (Å²) in [5, 5.41) is 0. The first-order valence-corrected chi connectivity index (χ1v) is 8.90. The summed E-state index contributed by atoms with van der Waals surface area (Å²) >= 11 is 0. The van der Waals surface area contributed by atoms with Crippen molar-refractivity contribution in [3.05, 3.63) is 53.0 Å². The van der Waals surface area contributed by atoms with Crippen LogP contribution in [0.15, 0.2) is 28.7 Å². The summed E-state index contributed by atoms with van der Waals surface area (Å²) in [6.45, 7) is 3.05. The summed E-state index contributed by atoms with van der Waals surface area (Å²) in [4.78, 5) is 20.9. The molecule has 1 aromatic carbocycles. The summed E-state index contributed by atoms with van der Waals surface area (Å²) in [7, 11) is 1.66. The summed E-state index contributed by atoms with van der Waals surface area (Å²) in [5.41, 5.74) is 1.44. The predicted molar refractivity (Wildman–Crippen MR) is 92.0 cm³/mol. The molecule has 0 spiro atoms. The molecule has 4 rings (SSSR count). The zero-order chi connectivity index (χ0) is 18.1. The zero-order valence-electron chi connectivity index (χ0n) is 14.8. The standard InChI is InChI=1S/C19H22FN3O3/c1-25-14-6-9-23(11-14)19(24)18-21-16-12-22(8-7-17(16)26-18)10-13-4-2-3-5-15(13)20/h2-5,14H,6-12H2,1H3/t14-/m0/s1. The maximum absolute atomic E-state index is 13.9. The maximum atomic E-state index is 13.9. The monoisotopic (exact) mass is 359 g/mol. The first-order chi connectivity index (χ1) is 12.6. The molecule has 7 heteroatoms. The third-order valence-electron chi connectivity index (χ3n) is 5.11. The van der Waals surface area contributed by atoms with Gasteiger partial charge in [0, 0.05) is 51.8 Å². The third kappa shape index (κ3) is 3.37. The van der Waals surface area contributed by atoms with Gasteiger partial charge in [-0.05, 0) is 12.5 Å². The number of nitrogens with zero attached hydrogens (tertiary/aromatic N) is 3. The molecule has 26 heavy (non-hydrogen) atoms. The van der Waals surface area contributed by atoms with Gasteiger partial charge in [-0.15, -0.1) is 0 Å². The summed E-state index contributed by atoms with van der Waals surface area (Å²) < 4.78 is 24.9. The van der Waals surface area contributed by atoms with Crippen LogP contribution in [0.5, 0.6) is 0 Å². The highest BCUT2D eigenvalue weighted by atomic mass is 19.1. The van der Waals surface area contributed by atoms with E-state index < -0.39 is 0 Å². The van der Waals surface area contributed by atoms with Crippen LogP contribution in [0.3, 0.4) is 0 Å². The molecule has 1 atom stereocenters. The number of halogens is 1. The topological polar surface area (TPSA) is 58.8 Å². The molecule has 0 N–H and O–H groups in total. The van der Waals surface area contributed by atoms with Gasteiger partial charge in [0.25, 0.3) is 5.89 Å². The molecule has 1 fully saturated rings. The normalized spacial score (nSPS) is 20.4. The largest absolute Gasteiger partial charge is 0.437 e. The van der Waals surface area contributed by atoms with Gasteiger partial charge in [0.1, 0.15) is 11.6 Å². The van der Waals surface area contributed by atoms with Crippen LogP contribution < -0.4 is 0 Å². The number of carbonyl (C=O) groups excluding carboxylic acids is 1. The van der Waals surface area contributed by atoms with Crippen molar-refractivity contribution in [3.63, 3.8) is 0 Å². The Bertz CT molecular complexity index is 807. The molecular formula is C19H22FN3O3. The van der Waals surface area contributed by atoms with Crippen LogP contribution in [-0.2, 0) is 24.2 Å². The van der Waals surface area contributed by atoms with Crippen LogP contribution in [-0.4, -0.2) is 53.5 Å². The van der Waals surface area contributed by atoms with Gasteiger partial charge in [0.2, 0.25) is 0 Å². The van der Waals surface area contributed by atoms with Crippen molar-refractivity contribution in [2.75, 3.05) is 26.7 Å². The van der Waals surface area contributed by atoms with Gasteiger partial charge in [-0.2, -0.15) is 0 Å². The molecule has 2 aliphatic heterocycles. The Morgan fingerprint density at radius 1 is 1.38 bits per heavy atom. The fourth-order valence-corrected chi connectivity index (χ4v) is 3.59. The maximum Gasteiger partial charge on any atom is 0.309 e. The van der Waals surface area contributed by atoms with Crippen LogP contribution in [0, 0.1) is 5.82 Å². The number of methoxy groups -OCH3 is 1. The predicted octanol–water partition coefficient (Wildman–Crippen LogP) is 2.23. The molecule has 1 saturated heterocycles. The van der Waals surface area contributed by atoms with E-state index in [-0.39, 0.29) is 23.7 Å². The van der Waals surface area contributed by atoms with Crippen molar-refractivity contribution in [2.45, 2.75) is 32.0 Å². The second-order valence-corrected chi connectivity index (χ2v) is 6.84. The van der Waals surface area contributed by atoms with Crippen molar-refractivity contribution < 1.29 is 18.3 Å². The second-order valence-electron chi connectivity index (χ2n) is 6.84. The molecule has 0 aliphatic carbocycles. The number of fused-ring (bicyclic) bond motifs is 1. The number of hydrogen-bond acceptors (Lipinski definition) is 5. The lowest BCUT2D eigenvalue weighted by atomic mass is 10.1. The summed E-state index contributed by atoms with van der Waals surface area (Å²) in [6, 6.07) is 6.79. The van der Waals surface area contributed by atoms with Gasteiger partial charge in [0.15, 0.2) is 0 Å². The van der Waals surface area contributed by atoms with Gasteiger partial charge >= 0.3 is 5.91 Å². The van der Waals surface area contributed by atoms with Crippen molar-refractivity contribution >= 4 is 5.91 Å². The van der Waals surface area contributed by atoms with E-state index in [1.807, 2.05) is 6.07 Å². The van der Waals surface area contributed by atoms with E-state index in [4.69, 9.17) is 9.15 Å². The molecule has 0 bridgehead atoms. The molecule has 0 radical (unpaired) electrons. The lowest BCUT2D eigenvalue weighted by molar-refractivity contribution is 0.0687. The molecule has 3 heterocycles. The van der Waals surface area contributed by atoms with Crippen molar-refractivity contribution in [2.24, 2.45) is 0 Å². The Morgan fingerprint density at radius 3 is 3.00 bits per heavy atom. The number of aromatic nitrogens is 1. The van der Waals surface area contributed by atoms with Crippen molar-refractivity contribution in [1.29, 1.82) is 0 Å². The van der Waals surface area contributed by atoms with E-state index >= 15 is 0 Å². The lowest BCUT2D eigenvalue weighted by Gasteiger charge is -2.25. The van der Waals surface area contributed by atoms with Crippen molar-refractivity contribution in [1.82, 2.24) is 14.8 Å². The minimum atomic E-state index is -0.198. The van der Waals surface area contributed by atoms with Crippen LogP contribution >= 0.6 is 0 Å². The summed E-state index contributed by atoms with van der Waals surface area (Å²) in [6.07, 6.45) is 1.59. The smallest absolute Gasteiger partial charge is 0.309 e. The highest BCUT2D eigenvalue weighted by Crippen LogP contribution is 2.23. The van der Waals surface area contributed by atoms with E-state index in [9.17, 15) is 9.18 Å². The Kier molecular flexibility index (Phi) is 4.74. The fourth-order valence-electron chi connectivity index (χ4n) is 3.59. The van der Waals surface area contributed by atoms with Gasteiger partial charge in [0.05, 0.1) is 11.8 Å². The van der Waals surface area contributed by atoms with Crippen molar-refractivity contribution in [3.8, 4) is 0 Å². The van der Waals surface area contributed by atoms with Crippen LogP contribution in [0.2, 0.25) is 0 Å². The minimum Gasteiger partial charge on any atom is -0.437 e. The number of rotatable bonds is 4. The Labute approximate surface area is 151 Å². The van der Waals surface area contributed by atoms with Crippen LogP contribution in [0.1, 0.15) is 34.1 Å². The fraction of sp³-hybridized carbons (Fsp3) is 0.474. The molecule has 2 aliphatic rings. The Balaban J connectivity index is 1.44. The average molecular weight is 359 g/mol. The van der Waals surface area contributed by atoms with E-state index in [0.29, 0.717) is 38.2 Å². The molecule has 0 unspecified atom stereocenters. The van der Waals surface area contributed by atoms with E-state index in [2.05, 4.69) is 9.88 Å². The third-order valence-corrected chi connectivity index (χ3v) is 5.11. The number of oxazole rings is 1. The first kappa shape index (κ1) is 17.2. The van der Waals surface area contributed by atoms with E-state index in [0.717, 1.165) is 24.4 Å². The molecule has 1 amide bonds. The molecule has 0 saturated carbocycles. The lowest BCUT2D eigenvalue weighted by Crippen LogP contribution is -2.30. The molecule has 1 aromatic heterocycles.